The van der Waals surface area contributed by atoms with E-state index in [9.17, 15) is 0 Å². The number of hydrogen-bond acceptors (Lipinski definition) is 2. The van der Waals surface area contributed by atoms with Crippen LogP contribution in [0.5, 0.6) is 0 Å². The van der Waals surface area contributed by atoms with Gasteiger partial charge in [0, 0.05) is 38.2 Å². The normalized spacial score (nSPS) is 13.1. The summed E-state index contributed by atoms with van der Waals surface area (Å²) in [5, 5.41) is 6.91. The number of hydrogen-bond donors (Lipinski definition) is 0. The predicted molar refractivity (Wildman–Crippen MR) is 232 cm³/mol. The van der Waals surface area contributed by atoms with Gasteiger partial charge in [-0.25, -0.2) is 0 Å². The zero-order valence-electron chi connectivity index (χ0n) is 30.8. The zero-order valence-corrected chi connectivity index (χ0v) is 30.8. The molecule has 260 valence electrons. The predicted octanol–water partition coefficient (Wildman–Crippen LogP) is 15.0. The first-order valence-corrected chi connectivity index (χ1v) is 19.1. The van der Waals surface area contributed by atoms with Crippen molar-refractivity contribution in [2.45, 2.75) is 19.3 Å². The van der Waals surface area contributed by atoms with Crippen LogP contribution < -0.4 is 4.90 Å². The van der Waals surface area contributed by atoms with E-state index in [-0.39, 0.29) is 5.41 Å². The Kier molecular flexibility index (Phi) is 6.93. The van der Waals surface area contributed by atoms with E-state index in [1.807, 2.05) is 0 Å². The van der Waals surface area contributed by atoms with Crippen LogP contribution in [-0.2, 0) is 5.41 Å². The van der Waals surface area contributed by atoms with Gasteiger partial charge in [0.2, 0.25) is 0 Å². The zero-order chi connectivity index (χ0) is 36.7. The van der Waals surface area contributed by atoms with Crippen LogP contribution in [0.4, 0.5) is 17.1 Å². The molecule has 0 saturated heterocycles. The highest BCUT2D eigenvalue weighted by molar-refractivity contribution is 6.23. The largest absolute Gasteiger partial charge is 0.455 e. The second-order valence-corrected chi connectivity index (χ2v) is 15.3. The molecule has 0 N–H and O–H groups in total. The van der Waals surface area contributed by atoms with Crippen LogP contribution in [0, 0.1) is 0 Å². The van der Waals surface area contributed by atoms with Crippen LogP contribution in [0.2, 0.25) is 0 Å². The number of benzene rings is 9. The van der Waals surface area contributed by atoms with Crippen LogP contribution in [0.1, 0.15) is 25.0 Å². The highest BCUT2D eigenvalue weighted by Gasteiger charge is 2.36. The maximum Gasteiger partial charge on any atom is 0.143 e. The monoisotopic (exact) mass is 703 g/mol. The molecule has 55 heavy (non-hydrogen) atoms. The van der Waals surface area contributed by atoms with Crippen molar-refractivity contribution in [3.8, 4) is 33.4 Å². The van der Waals surface area contributed by atoms with Gasteiger partial charge in [0.05, 0.1) is 11.4 Å². The Morgan fingerprint density at radius 3 is 1.98 bits per heavy atom. The van der Waals surface area contributed by atoms with Crippen molar-refractivity contribution >= 4 is 60.5 Å². The molecule has 0 saturated carbocycles. The van der Waals surface area contributed by atoms with Gasteiger partial charge in [0.1, 0.15) is 11.2 Å². The molecule has 1 heterocycles. The summed E-state index contributed by atoms with van der Waals surface area (Å²) < 4.78 is 6.86. The molecule has 0 radical (unpaired) electrons. The van der Waals surface area contributed by atoms with Crippen LogP contribution in [0.3, 0.4) is 0 Å². The number of furan rings is 1. The first-order chi connectivity index (χ1) is 27.0. The minimum absolute atomic E-state index is 0.145. The summed E-state index contributed by atoms with van der Waals surface area (Å²) in [4.78, 5) is 2.49. The standard InChI is InChI=1S/C53H37NO/c1-53(2)46-24-12-10-20-41(46)42-30-29-38(32-47(42)53)54(48-25-13-11-19-39(48)35-16-4-3-5-17-35)49-33-45-51-40(37-28-27-34-15-6-7-18-36(34)31-37)23-14-26-50(51)55-52(45)44-22-9-8-21-43(44)49/h3-33H,1-2H3. The van der Waals surface area contributed by atoms with Crippen molar-refractivity contribution < 1.29 is 4.42 Å². The molecule has 9 aromatic carbocycles. The molecular formula is C53H37NO. The molecule has 0 bridgehead atoms. The Bertz CT molecular complexity index is 3130. The van der Waals surface area contributed by atoms with Crippen LogP contribution >= 0.6 is 0 Å². The van der Waals surface area contributed by atoms with Crippen molar-refractivity contribution in [2.24, 2.45) is 0 Å². The van der Waals surface area contributed by atoms with Crippen molar-refractivity contribution in [1.82, 2.24) is 0 Å². The van der Waals surface area contributed by atoms with E-state index in [0.717, 1.165) is 55.3 Å². The number of fused-ring (bicyclic) bond motifs is 9. The smallest absolute Gasteiger partial charge is 0.143 e. The van der Waals surface area contributed by atoms with E-state index in [2.05, 4.69) is 207 Å². The minimum Gasteiger partial charge on any atom is -0.455 e. The van der Waals surface area contributed by atoms with Crippen LogP contribution in [0.15, 0.2) is 192 Å². The summed E-state index contributed by atoms with van der Waals surface area (Å²) in [7, 11) is 0. The fourth-order valence-corrected chi connectivity index (χ4v) is 9.18. The van der Waals surface area contributed by atoms with Crippen LogP contribution in [0.25, 0.3) is 76.9 Å². The maximum absolute atomic E-state index is 6.86. The average molecular weight is 704 g/mol. The molecule has 0 aliphatic heterocycles. The molecule has 11 rings (SSSR count). The van der Waals surface area contributed by atoms with E-state index in [4.69, 9.17) is 4.42 Å². The lowest BCUT2D eigenvalue weighted by Gasteiger charge is -2.31. The summed E-state index contributed by atoms with van der Waals surface area (Å²) >= 11 is 0. The van der Waals surface area contributed by atoms with Crippen molar-refractivity contribution in [2.75, 3.05) is 4.90 Å². The molecule has 1 aliphatic carbocycles. The Labute approximate surface area is 320 Å². The van der Waals surface area contributed by atoms with Crippen molar-refractivity contribution in [3.05, 3.63) is 199 Å². The number of nitrogens with zero attached hydrogens (tertiary/aromatic N) is 1. The molecule has 0 spiro atoms. The molecule has 0 amide bonds. The number of rotatable bonds is 5. The van der Waals surface area contributed by atoms with Gasteiger partial charge in [-0.3, -0.25) is 0 Å². The van der Waals surface area contributed by atoms with Gasteiger partial charge in [-0.2, -0.15) is 0 Å². The fraction of sp³-hybridized carbons (Fsp3) is 0.0566. The summed E-state index contributed by atoms with van der Waals surface area (Å²) in [6.45, 7) is 4.72. The summed E-state index contributed by atoms with van der Waals surface area (Å²) in [5.41, 5.74) is 15.0. The minimum atomic E-state index is -0.145. The van der Waals surface area contributed by atoms with Gasteiger partial charge in [-0.15, -0.1) is 0 Å². The first kappa shape index (κ1) is 31.6. The Morgan fingerprint density at radius 1 is 0.418 bits per heavy atom. The highest BCUT2D eigenvalue weighted by Crippen LogP contribution is 2.53. The van der Waals surface area contributed by atoms with Gasteiger partial charge in [-0.05, 0) is 86.1 Å². The molecule has 2 nitrogen and oxygen atoms in total. The maximum atomic E-state index is 6.86. The van der Waals surface area contributed by atoms with E-state index < -0.39 is 0 Å². The SMILES string of the molecule is CC1(C)c2ccccc2-c2ccc(N(c3ccccc3-c3ccccc3)c3cc4c(oc5cccc(-c6ccc7ccccc7c6)c54)c4ccccc34)cc21. The van der Waals surface area contributed by atoms with Crippen molar-refractivity contribution in [3.63, 3.8) is 0 Å². The number of anilines is 3. The molecule has 1 aliphatic rings. The van der Waals surface area contributed by atoms with E-state index in [0.29, 0.717) is 0 Å². The summed E-state index contributed by atoms with van der Waals surface area (Å²) in [5.74, 6) is 0. The topological polar surface area (TPSA) is 16.4 Å². The van der Waals surface area contributed by atoms with E-state index in [1.54, 1.807) is 0 Å². The molecule has 1 aromatic heterocycles. The quantitative estimate of drug-likeness (QED) is 0.177. The van der Waals surface area contributed by atoms with Crippen LogP contribution in [-0.4, -0.2) is 0 Å². The van der Waals surface area contributed by atoms with Gasteiger partial charge < -0.3 is 9.32 Å². The molecule has 10 aromatic rings. The van der Waals surface area contributed by atoms with Crippen molar-refractivity contribution in [1.29, 1.82) is 0 Å². The van der Waals surface area contributed by atoms with E-state index in [1.165, 1.54) is 49.7 Å². The molecule has 0 atom stereocenters. The third kappa shape index (κ3) is 4.81. The van der Waals surface area contributed by atoms with Gasteiger partial charge in [0.25, 0.3) is 0 Å². The lowest BCUT2D eigenvalue weighted by molar-refractivity contribution is 0.660. The van der Waals surface area contributed by atoms with Gasteiger partial charge in [0.15, 0.2) is 0 Å². The average Bonchev–Trinajstić information content (AvgIpc) is 3.73. The summed E-state index contributed by atoms with van der Waals surface area (Å²) in [6, 6.07) is 68.4. The Balaban J connectivity index is 1.22. The van der Waals surface area contributed by atoms with E-state index >= 15 is 0 Å². The third-order valence-electron chi connectivity index (χ3n) is 11.8. The molecule has 0 unspecified atom stereocenters. The second kappa shape index (κ2) is 12.1. The molecule has 2 heteroatoms. The first-order valence-electron chi connectivity index (χ1n) is 19.1. The molecule has 0 fully saturated rings. The Morgan fingerprint density at radius 2 is 1.11 bits per heavy atom. The lowest BCUT2D eigenvalue weighted by atomic mass is 9.82. The van der Waals surface area contributed by atoms with Gasteiger partial charge >= 0.3 is 0 Å². The highest BCUT2D eigenvalue weighted by atomic mass is 16.3. The third-order valence-corrected chi connectivity index (χ3v) is 11.8. The lowest BCUT2D eigenvalue weighted by Crippen LogP contribution is -2.17. The van der Waals surface area contributed by atoms with Gasteiger partial charge in [-0.1, -0.05) is 166 Å². The number of para-hydroxylation sites is 1. The summed E-state index contributed by atoms with van der Waals surface area (Å²) in [6.07, 6.45) is 0. The molecular weight excluding hydrogens is 667 g/mol. The fourth-order valence-electron chi connectivity index (χ4n) is 9.18. The Hall–Kier alpha value is -6.90. The second-order valence-electron chi connectivity index (χ2n) is 15.3.